The summed E-state index contributed by atoms with van der Waals surface area (Å²) in [6, 6.07) is 3.36. The van der Waals surface area contributed by atoms with Gasteiger partial charge in [-0.1, -0.05) is 0 Å². The van der Waals surface area contributed by atoms with Gasteiger partial charge in [0.1, 0.15) is 18.2 Å². The van der Waals surface area contributed by atoms with Gasteiger partial charge >= 0.3 is 7.75 Å². The van der Waals surface area contributed by atoms with E-state index in [9.17, 15) is 27.7 Å². The molecule has 5 rings (SSSR count). The standard InChI is InChI=1S/C26H29F4N8O5P/c1-42-20-8-16(27)15(7-17(20)28)18-6-14(19(9-32-18)37-5-3-4-26(31,11-37)22(39)23(29)30)10-38-13-35-21-24(33-12-34-25(21)38)36-44(40,41)43-2/h6-9,12-13,22-23,39H,3-5,10-11,31H2,1-2H3,(H2,33,34,36,40,41)/t22-,26-/m1/s1. The summed E-state index contributed by atoms with van der Waals surface area (Å²) in [6.07, 6.45) is -0.660. The van der Waals surface area contributed by atoms with Gasteiger partial charge in [-0.3, -0.25) is 14.6 Å². The number of ether oxygens (including phenoxy) is 1. The van der Waals surface area contributed by atoms with Crippen molar-refractivity contribution in [2.45, 2.75) is 37.5 Å². The Labute approximate surface area is 248 Å². The van der Waals surface area contributed by atoms with Crippen LogP contribution < -0.4 is 20.5 Å². The number of halogens is 4. The van der Waals surface area contributed by atoms with Crippen molar-refractivity contribution in [3.63, 3.8) is 0 Å². The molecule has 236 valence electrons. The molecular weight excluding hydrogens is 611 g/mol. The number of imidazole rings is 1. The van der Waals surface area contributed by atoms with Crippen molar-refractivity contribution >= 4 is 30.4 Å². The van der Waals surface area contributed by atoms with Crippen LogP contribution in [0.4, 0.5) is 29.1 Å². The van der Waals surface area contributed by atoms with E-state index >= 15 is 4.39 Å². The number of aromatic nitrogens is 5. The first kappa shape index (κ1) is 31.5. The highest BCUT2D eigenvalue weighted by atomic mass is 31.2. The molecule has 3 atom stereocenters. The van der Waals surface area contributed by atoms with E-state index in [2.05, 4.69) is 29.5 Å². The number of alkyl halides is 2. The largest absolute Gasteiger partial charge is 0.494 e. The molecule has 3 aromatic heterocycles. The van der Waals surface area contributed by atoms with Crippen LogP contribution in [-0.2, 0) is 15.6 Å². The van der Waals surface area contributed by atoms with Gasteiger partial charge < -0.3 is 29.9 Å². The molecule has 4 aromatic rings. The molecule has 0 spiro atoms. The Kier molecular flexibility index (Phi) is 8.77. The molecule has 1 saturated heterocycles. The Balaban J connectivity index is 1.59. The molecule has 1 unspecified atom stereocenters. The van der Waals surface area contributed by atoms with Crippen LogP contribution in [0.15, 0.2) is 37.1 Å². The summed E-state index contributed by atoms with van der Waals surface area (Å²) < 4.78 is 79.7. The van der Waals surface area contributed by atoms with Crippen LogP contribution in [0.25, 0.3) is 22.4 Å². The summed E-state index contributed by atoms with van der Waals surface area (Å²) in [4.78, 5) is 28.4. The zero-order valence-electron chi connectivity index (χ0n) is 23.5. The summed E-state index contributed by atoms with van der Waals surface area (Å²) in [6.45, 7) is 0.255. The molecule has 0 saturated carbocycles. The minimum atomic E-state index is -4.23. The molecule has 4 heterocycles. The second kappa shape index (κ2) is 12.2. The van der Waals surface area contributed by atoms with Gasteiger partial charge in [-0.15, -0.1) is 0 Å². The first-order chi connectivity index (χ1) is 20.9. The average molecular weight is 641 g/mol. The number of hydrogen-bond acceptors (Lipinski definition) is 10. The smallest absolute Gasteiger partial charge is 0.431 e. The first-order valence-corrected chi connectivity index (χ1v) is 14.8. The van der Waals surface area contributed by atoms with Crippen LogP contribution >= 0.6 is 7.75 Å². The molecule has 0 aliphatic carbocycles. The second-order valence-electron chi connectivity index (χ2n) is 10.3. The number of piperidine rings is 1. The third kappa shape index (κ3) is 6.19. The number of nitrogens with two attached hydrogens (primary N) is 1. The number of benzene rings is 1. The quantitative estimate of drug-likeness (QED) is 0.147. The maximum Gasteiger partial charge on any atom is 0.431 e. The third-order valence-electron chi connectivity index (χ3n) is 7.44. The zero-order chi connectivity index (χ0) is 31.8. The monoisotopic (exact) mass is 640 g/mol. The number of hydrogen-bond donors (Lipinski definition) is 4. The van der Waals surface area contributed by atoms with Gasteiger partial charge in [-0.05, 0) is 30.5 Å². The molecule has 1 aliphatic rings. The fourth-order valence-electron chi connectivity index (χ4n) is 5.18. The number of rotatable bonds is 10. The topological polar surface area (TPSA) is 174 Å². The van der Waals surface area contributed by atoms with Gasteiger partial charge in [0, 0.05) is 31.8 Å². The number of nitrogens with zero attached hydrogens (tertiary/aromatic N) is 6. The summed E-state index contributed by atoms with van der Waals surface area (Å²) in [7, 11) is -1.98. The predicted molar refractivity (Wildman–Crippen MR) is 151 cm³/mol. The Morgan fingerprint density at radius 1 is 1.16 bits per heavy atom. The van der Waals surface area contributed by atoms with Gasteiger partial charge in [0.05, 0.1) is 43.1 Å². The van der Waals surface area contributed by atoms with E-state index in [0.29, 0.717) is 24.2 Å². The van der Waals surface area contributed by atoms with Gasteiger partial charge in [0.2, 0.25) is 0 Å². The maximum absolute atomic E-state index is 15.0. The maximum atomic E-state index is 15.0. The van der Waals surface area contributed by atoms with Gasteiger partial charge in [-0.2, -0.15) is 0 Å². The van der Waals surface area contributed by atoms with Crippen LogP contribution in [0.1, 0.15) is 18.4 Å². The summed E-state index contributed by atoms with van der Waals surface area (Å²) in [5.41, 5.74) is 5.84. The molecule has 5 N–H and O–H groups in total. The number of nitrogens with one attached hydrogen (secondary N) is 1. The molecule has 1 fully saturated rings. The van der Waals surface area contributed by atoms with Crippen molar-refractivity contribution in [2.75, 3.05) is 37.3 Å². The lowest BCUT2D eigenvalue weighted by Gasteiger charge is -2.44. The van der Waals surface area contributed by atoms with Crippen LogP contribution in [0.2, 0.25) is 0 Å². The predicted octanol–water partition coefficient (Wildman–Crippen LogP) is 3.31. The number of aliphatic hydroxyl groups is 1. The molecule has 0 bridgehead atoms. The molecule has 1 aliphatic heterocycles. The van der Waals surface area contributed by atoms with Crippen molar-refractivity contribution in [1.82, 2.24) is 24.5 Å². The van der Waals surface area contributed by atoms with E-state index < -0.39 is 37.4 Å². The Morgan fingerprint density at radius 2 is 1.93 bits per heavy atom. The number of aliphatic hydroxyl groups excluding tert-OH is 1. The van der Waals surface area contributed by atoms with Gasteiger partial charge in [0.15, 0.2) is 28.5 Å². The van der Waals surface area contributed by atoms with Crippen molar-refractivity contribution in [1.29, 1.82) is 0 Å². The summed E-state index contributed by atoms with van der Waals surface area (Å²) >= 11 is 0. The Morgan fingerprint density at radius 3 is 2.64 bits per heavy atom. The Bertz CT molecular complexity index is 1730. The van der Waals surface area contributed by atoms with E-state index in [1.165, 1.54) is 25.7 Å². The summed E-state index contributed by atoms with van der Waals surface area (Å²) in [5, 5.41) is 12.5. The Hall–Kier alpha value is -3.89. The van der Waals surface area contributed by atoms with E-state index in [1.54, 1.807) is 9.47 Å². The van der Waals surface area contributed by atoms with Gasteiger partial charge in [0.25, 0.3) is 6.43 Å². The molecule has 0 amide bonds. The zero-order valence-corrected chi connectivity index (χ0v) is 24.4. The fraction of sp³-hybridized carbons (Fsp3) is 0.385. The number of anilines is 2. The molecule has 0 radical (unpaired) electrons. The number of pyridine rings is 1. The average Bonchev–Trinajstić information content (AvgIpc) is 3.41. The third-order valence-corrected chi connectivity index (χ3v) is 8.43. The fourth-order valence-corrected chi connectivity index (χ4v) is 5.70. The van der Waals surface area contributed by atoms with Crippen molar-refractivity contribution in [3.05, 3.63) is 54.2 Å². The summed E-state index contributed by atoms with van der Waals surface area (Å²) in [5.74, 6) is -1.96. The van der Waals surface area contributed by atoms with E-state index in [1.807, 2.05) is 0 Å². The molecule has 44 heavy (non-hydrogen) atoms. The number of fused-ring (bicyclic) bond motifs is 1. The van der Waals surface area contributed by atoms with Crippen LogP contribution in [0.3, 0.4) is 0 Å². The van der Waals surface area contributed by atoms with E-state index in [0.717, 1.165) is 25.6 Å². The highest BCUT2D eigenvalue weighted by Crippen LogP contribution is 2.41. The van der Waals surface area contributed by atoms with Crippen molar-refractivity contribution < 1.29 is 41.4 Å². The highest BCUT2D eigenvalue weighted by molar-refractivity contribution is 7.54. The van der Waals surface area contributed by atoms with E-state index in [-0.39, 0.29) is 53.5 Å². The molecule has 1 aromatic carbocycles. The van der Waals surface area contributed by atoms with Crippen LogP contribution in [-0.4, -0.2) is 79.9 Å². The van der Waals surface area contributed by atoms with Crippen LogP contribution in [0, 0.1) is 11.6 Å². The second-order valence-corrected chi connectivity index (χ2v) is 11.9. The SMILES string of the molecule is COc1cc(F)c(-c2cc(Cn3cnc4c(NP(=O)(O)OC)ncnc43)c(N3CCC[C@](N)([C@H](O)C(F)F)C3)cn2)cc1F. The lowest BCUT2D eigenvalue weighted by atomic mass is 9.84. The van der Waals surface area contributed by atoms with E-state index in [4.69, 9.17) is 10.5 Å². The normalized spacial score (nSPS) is 19.3. The van der Waals surface area contributed by atoms with Crippen LogP contribution in [0.5, 0.6) is 5.75 Å². The van der Waals surface area contributed by atoms with Gasteiger partial charge in [-0.25, -0.2) is 37.1 Å². The van der Waals surface area contributed by atoms with Crippen molar-refractivity contribution in [3.8, 4) is 17.0 Å². The lowest BCUT2D eigenvalue weighted by Crippen LogP contribution is -2.63. The molecular formula is C26H29F4N8O5P. The minimum absolute atomic E-state index is 0.00456. The minimum Gasteiger partial charge on any atom is -0.494 e. The molecule has 18 heteroatoms. The highest BCUT2D eigenvalue weighted by Gasteiger charge is 2.43. The lowest BCUT2D eigenvalue weighted by molar-refractivity contribution is -0.0529. The van der Waals surface area contributed by atoms with Crippen molar-refractivity contribution in [2.24, 2.45) is 5.73 Å². The molecule has 13 nitrogen and oxygen atoms in total. The number of methoxy groups -OCH3 is 1. The first-order valence-electron chi connectivity index (χ1n) is 13.2.